The lowest BCUT2D eigenvalue weighted by molar-refractivity contribution is -0.697. The lowest BCUT2D eigenvalue weighted by atomic mass is 10.0. The molecule has 2 heteroatoms. The number of aryl methyl sites for hydroxylation is 2. The number of unbranched alkanes of at least 4 members (excludes halogenated alkanes) is 2. The van der Waals surface area contributed by atoms with Crippen LogP contribution in [0.15, 0.2) is 49.1 Å². The summed E-state index contributed by atoms with van der Waals surface area (Å²) >= 11 is 0. The van der Waals surface area contributed by atoms with Gasteiger partial charge in [-0.15, -0.1) is 0 Å². The fourth-order valence-electron chi connectivity index (χ4n) is 3.96. The minimum Gasteiger partial charge on any atom is -0.205 e. The summed E-state index contributed by atoms with van der Waals surface area (Å²) in [6.07, 6.45) is 21.4. The fraction of sp³-hybridized carbons (Fsp3) is 0.565. The van der Waals surface area contributed by atoms with Crippen LogP contribution < -0.4 is 9.13 Å². The smallest absolute Gasteiger partial charge is 0.169 e. The van der Waals surface area contributed by atoms with Crippen LogP contribution in [0.5, 0.6) is 0 Å². The molecule has 0 spiro atoms. The van der Waals surface area contributed by atoms with Crippen LogP contribution >= 0.6 is 0 Å². The Kier molecular flexibility index (Phi) is 7.02. The summed E-state index contributed by atoms with van der Waals surface area (Å²) in [5, 5.41) is 0. The molecule has 0 radical (unpaired) electrons. The maximum Gasteiger partial charge on any atom is 0.169 e. The highest BCUT2D eigenvalue weighted by Gasteiger charge is 2.14. The van der Waals surface area contributed by atoms with Gasteiger partial charge in [0.05, 0.1) is 0 Å². The summed E-state index contributed by atoms with van der Waals surface area (Å²) in [4.78, 5) is 0. The van der Waals surface area contributed by atoms with Gasteiger partial charge in [0, 0.05) is 37.1 Å². The van der Waals surface area contributed by atoms with E-state index in [1.807, 2.05) is 0 Å². The molecule has 1 aliphatic rings. The van der Waals surface area contributed by atoms with E-state index >= 15 is 0 Å². The van der Waals surface area contributed by atoms with Crippen molar-refractivity contribution in [3.8, 4) is 11.1 Å². The van der Waals surface area contributed by atoms with Gasteiger partial charge in [-0.05, 0) is 23.5 Å². The monoisotopic (exact) mass is 338 g/mol. The van der Waals surface area contributed by atoms with Crippen LogP contribution in [0.2, 0.25) is 0 Å². The first kappa shape index (κ1) is 18.1. The normalized spacial score (nSPS) is 14.9. The molecule has 2 nitrogen and oxygen atoms in total. The number of pyridine rings is 2. The van der Waals surface area contributed by atoms with Gasteiger partial charge in [0.1, 0.15) is 13.1 Å². The Balaban J connectivity index is 1.46. The van der Waals surface area contributed by atoms with Gasteiger partial charge in [-0.1, -0.05) is 45.4 Å². The molecule has 2 heterocycles. The summed E-state index contributed by atoms with van der Waals surface area (Å²) < 4.78 is 4.61. The van der Waals surface area contributed by atoms with Crippen LogP contribution in [0, 0.1) is 5.92 Å². The van der Waals surface area contributed by atoms with Gasteiger partial charge >= 0.3 is 0 Å². The molecular formula is C23H34N2+2. The van der Waals surface area contributed by atoms with Crippen molar-refractivity contribution in [2.24, 2.45) is 5.92 Å². The average Bonchev–Trinajstić information content (AvgIpc) is 3.18. The third kappa shape index (κ3) is 5.66. The standard InChI is InChI=1S/C23H34N2/c1-2-3-15-24-17-11-22(12-18-24)23-13-19-25(20-14-23)16-7-6-10-21-8-4-5-9-21/h11-14,17-21H,2-10,15-16H2,1H3/q+2. The highest BCUT2D eigenvalue weighted by Crippen LogP contribution is 2.28. The minimum absolute atomic E-state index is 1.03. The van der Waals surface area contributed by atoms with E-state index in [1.54, 1.807) is 0 Å². The minimum atomic E-state index is 1.03. The summed E-state index contributed by atoms with van der Waals surface area (Å²) in [5.74, 6) is 1.03. The van der Waals surface area contributed by atoms with Gasteiger partial charge in [0.15, 0.2) is 24.8 Å². The zero-order valence-corrected chi connectivity index (χ0v) is 15.9. The molecule has 1 saturated carbocycles. The van der Waals surface area contributed by atoms with E-state index in [9.17, 15) is 0 Å². The molecule has 134 valence electrons. The number of nitrogens with zero attached hydrogens (tertiary/aromatic N) is 2. The quantitative estimate of drug-likeness (QED) is 0.444. The second-order valence-electron chi connectivity index (χ2n) is 7.65. The lowest BCUT2D eigenvalue weighted by Gasteiger charge is -2.07. The van der Waals surface area contributed by atoms with Crippen LogP contribution in [-0.2, 0) is 13.1 Å². The van der Waals surface area contributed by atoms with Gasteiger partial charge in [0.2, 0.25) is 0 Å². The zero-order valence-electron chi connectivity index (χ0n) is 15.9. The Hall–Kier alpha value is -1.70. The van der Waals surface area contributed by atoms with E-state index in [4.69, 9.17) is 0 Å². The van der Waals surface area contributed by atoms with Crippen molar-refractivity contribution in [3.63, 3.8) is 0 Å². The molecule has 0 aromatic carbocycles. The second kappa shape index (κ2) is 9.70. The maximum absolute atomic E-state index is 2.34. The molecule has 0 N–H and O–H groups in total. The van der Waals surface area contributed by atoms with Gasteiger partial charge in [0.25, 0.3) is 0 Å². The molecule has 2 aromatic rings. The Morgan fingerprint density at radius 3 is 1.80 bits per heavy atom. The highest BCUT2D eigenvalue weighted by molar-refractivity contribution is 5.60. The van der Waals surface area contributed by atoms with Gasteiger partial charge in [-0.2, -0.15) is 0 Å². The van der Waals surface area contributed by atoms with Crippen molar-refractivity contribution < 1.29 is 9.13 Å². The van der Waals surface area contributed by atoms with Crippen molar-refractivity contribution in [2.75, 3.05) is 0 Å². The van der Waals surface area contributed by atoms with Crippen LogP contribution in [0.4, 0.5) is 0 Å². The van der Waals surface area contributed by atoms with Crippen LogP contribution in [0.1, 0.15) is 64.7 Å². The third-order valence-corrected chi connectivity index (χ3v) is 5.64. The van der Waals surface area contributed by atoms with Crippen LogP contribution in [0.25, 0.3) is 11.1 Å². The first-order valence-electron chi connectivity index (χ1n) is 10.3. The molecule has 1 aliphatic carbocycles. The predicted molar refractivity (Wildman–Crippen MR) is 103 cm³/mol. The van der Waals surface area contributed by atoms with Crippen molar-refractivity contribution in [3.05, 3.63) is 49.1 Å². The molecule has 0 bridgehead atoms. The van der Waals surface area contributed by atoms with Crippen molar-refractivity contribution in [1.29, 1.82) is 0 Å². The van der Waals surface area contributed by atoms with Crippen molar-refractivity contribution in [2.45, 2.75) is 77.8 Å². The SMILES string of the molecule is CCCC[n+]1ccc(-c2cc[n+](CCCCC3CCCC3)cc2)cc1. The molecule has 0 unspecified atom stereocenters. The molecular weight excluding hydrogens is 304 g/mol. The first-order chi connectivity index (χ1) is 12.3. The van der Waals surface area contributed by atoms with E-state index < -0.39 is 0 Å². The molecule has 2 aromatic heterocycles. The van der Waals surface area contributed by atoms with Gasteiger partial charge in [-0.25, -0.2) is 9.13 Å². The molecule has 3 rings (SSSR count). The predicted octanol–water partition coefficient (Wildman–Crippen LogP) is 5.09. The zero-order chi connectivity index (χ0) is 17.3. The first-order valence-corrected chi connectivity index (χ1v) is 10.3. The molecule has 25 heavy (non-hydrogen) atoms. The number of rotatable bonds is 9. The number of aromatic nitrogens is 2. The summed E-state index contributed by atoms with van der Waals surface area (Å²) in [7, 11) is 0. The fourth-order valence-corrected chi connectivity index (χ4v) is 3.96. The molecule has 0 aliphatic heterocycles. The summed E-state index contributed by atoms with van der Waals surface area (Å²) in [6, 6.07) is 8.97. The molecule has 0 saturated heterocycles. The maximum atomic E-state index is 2.34. The number of hydrogen-bond acceptors (Lipinski definition) is 0. The summed E-state index contributed by atoms with van der Waals surface area (Å²) in [5.41, 5.74) is 2.62. The van der Waals surface area contributed by atoms with E-state index in [1.165, 1.54) is 68.9 Å². The third-order valence-electron chi connectivity index (χ3n) is 5.64. The second-order valence-corrected chi connectivity index (χ2v) is 7.65. The Bertz CT molecular complexity index is 610. The Labute approximate surface area is 153 Å². The topological polar surface area (TPSA) is 7.76 Å². The molecule has 0 amide bonds. The Morgan fingerprint density at radius 1 is 0.760 bits per heavy atom. The van der Waals surface area contributed by atoms with E-state index in [0.29, 0.717) is 0 Å². The Morgan fingerprint density at radius 2 is 1.28 bits per heavy atom. The van der Waals surface area contributed by atoms with Crippen molar-refractivity contribution >= 4 is 0 Å². The average molecular weight is 339 g/mol. The van der Waals surface area contributed by atoms with Gasteiger partial charge in [-0.3, -0.25) is 0 Å². The number of hydrogen-bond donors (Lipinski definition) is 0. The van der Waals surface area contributed by atoms with E-state index in [2.05, 4.69) is 65.1 Å². The van der Waals surface area contributed by atoms with Crippen LogP contribution in [0.3, 0.4) is 0 Å². The van der Waals surface area contributed by atoms with Crippen molar-refractivity contribution in [1.82, 2.24) is 0 Å². The summed E-state index contributed by atoms with van der Waals surface area (Å²) in [6.45, 7) is 4.51. The van der Waals surface area contributed by atoms with E-state index in [-0.39, 0.29) is 0 Å². The molecule has 0 atom stereocenters. The van der Waals surface area contributed by atoms with Crippen LogP contribution in [-0.4, -0.2) is 0 Å². The lowest BCUT2D eigenvalue weighted by Crippen LogP contribution is -2.33. The van der Waals surface area contributed by atoms with Gasteiger partial charge < -0.3 is 0 Å². The van der Waals surface area contributed by atoms with E-state index in [0.717, 1.165) is 19.0 Å². The highest BCUT2D eigenvalue weighted by atomic mass is 14.9. The molecule has 1 fully saturated rings. The largest absolute Gasteiger partial charge is 0.205 e.